The van der Waals surface area contributed by atoms with Gasteiger partial charge in [0.05, 0.1) is 13.2 Å². The lowest BCUT2D eigenvalue weighted by Crippen LogP contribution is -2.09. The van der Waals surface area contributed by atoms with Crippen LogP contribution in [0.2, 0.25) is 0 Å². The molecule has 3 nitrogen and oxygen atoms in total. The number of carbonyl (C=O) groups excluding carboxylic acids is 1. The molecular weight excluding hydrogens is 252 g/mol. The van der Waals surface area contributed by atoms with Gasteiger partial charge in [-0.1, -0.05) is 30.3 Å². The van der Waals surface area contributed by atoms with Crippen LogP contribution in [0.25, 0.3) is 0 Å². The lowest BCUT2D eigenvalue weighted by Gasteiger charge is -2.05. The van der Waals surface area contributed by atoms with E-state index in [0.29, 0.717) is 18.8 Å². The van der Waals surface area contributed by atoms with Crippen molar-refractivity contribution in [3.8, 4) is 5.75 Å². The molecule has 1 heterocycles. The molecule has 102 valence electrons. The molecular formula is C17H16O3. The van der Waals surface area contributed by atoms with Gasteiger partial charge in [0.2, 0.25) is 0 Å². The Kier molecular flexibility index (Phi) is 3.79. The number of ether oxygens (including phenoxy) is 2. The molecule has 3 rings (SSSR count). The average molecular weight is 268 g/mol. The normalized spacial score (nSPS) is 12.8. The van der Waals surface area contributed by atoms with Crippen molar-refractivity contribution in [2.45, 2.75) is 13.0 Å². The largest absolute Gasteiger partial charge is 0.493 e. The van der Waals surface area contributed by atoms with Crippen molar-refractivity contribution >= 4 is 5.78 Å². The number of benzene rings is 2. The molecule has 0 saturated carbocycles. The molecule has 0 atom stereocenters. The van der Waals surface area contributed by atoms with Crippen molar-refractivity contribution in [3.05, 3.63) is 65.2 Å². The topological polar surface area (TPSA) is 35.5 Å². The van der Waals surface area contributed by atoms with Crippen LogP contribution in [0.3, 0.4) is 0 Å². The van der Waals surface area contributed by atoms with E-state index in [0.717, 1.165) is 23.3 Å². The minimum Gasteiger partial charge on any atom is -0.493 e. The lowest BCUT2D eigenvalue weighted by atomic mass is 10.1. The number of carbonyl (C=O) groups is 1. The number of hydrogen-bond acceptors (Lipinski definition) is 3. The van der Waals surface area contributed by atoms with E-state index in [2.05, 4.69) is 0 Å². The molecule has 0 amide bonds. The first kappa shape index (κ1) is 12.9. The van der Waals surface area contributed by atoms with Gasteiger partial charge in [0.1, 0.15) is 12.4 Å². The third-order valence-electron chi connectivity index (χ3n) is 3.36. The summed E-state index contributed by atoms with van der Waals surface area (Å²) >= 11 is 0. The Balaban J connectivity index is 1.57. The van der Waals surface area contributed by atoms with Crippen molar-refractivity contribution < 1.29 is 14.3 Å². The smallest absolute Gasteiger partial charge is 0.188 e. The molecule has 1 aliphatic heterocycles. The van der Waals surface area contributed by atoms with E-state index in [1.54, 1.807) is 6.07 Å². The molecule has 2 aromatic rings. The van der Waals surface area contributed by atoms with Gasteiger partial charge in [0, 0.05) is 12.0 Å². The third kappa shape index (κ3) is 2.89. The highest BCUT2D eigenvalue weighted by atomic mass is 16.5. The molecule has 1 aliphatic rings. The van der Waals surface area contributed by atoms with Crippen LogP contribution in [0, 0.1) is 0 Å². The van der Waals surface area contributed by atoms with Gasteiger partial charge in [0.15, 0.2) is 5.78 Å². The number of fused-ring (bicyclic) bond motifs is 1. The number of rotatable bonds is 5. The van der Waals surface area contributed by atoms with Crippen molar-refractivity contribution in [1.82, 2.24) is 0 Å². The first-order valence-corrected chi connectivity index (χ1v) is 6.73. The fourth-order valence-corrected chi connectivity index (χ4v) is 2.28. The highest BCUT2D eigenvalue weighted by molar-refractivity contribution is 5.97. The monoisotopic (exact) mass is 268 g/mol. The van der Waals surface area contributed by atoms with E-state index in [4.69, 9.17) is 9.47 Å². The van der Waals surface area contributed by atoms with Gasteiger partial charge < -0.3 is 9.47 Å². The fourth-order valence-electron chi connectivity index (χ4n) is 2.28. The number of Topliss-reactive ketones (excluding diaryl/α,β-unsaturated/α-hetero) is 1. The van der Waals surface area contributed by atoms with Gasteiger partial charge in [-0.3, -0.25) is 4.79 Å². The van der Waals surface area contributed by atoms with Gasteiger partial charge in [-0.15, -0.1) is 0 Å². The van der Waals surface area contributed by atoms with E-state index in [1.165, 1.54) is 0 Å². The minimum absolute atomic E-state index is 0.00984. The summed E-state index contributed by atoms with van der Waals surface area (Å²) in [5.74, 6) is 0.905. The maximum atomic E-state index is 12.1. The molecule has 0 unspecified atom stereocenters. The van der Waals surface area contributed by atoms with E-state index < -0.39 is 0 Å². The zero-order valence-electron chi connectivity index (χ0n) is 11.2. The lowest BCUT2D eigenvalue weighted by molar-refractivity contribution is 0.0726. The molecule has 0 spiro atoms. The third-order valence-corrected chi connectivity index (χ3v) is 3.36. The Hall–Kier alpha value is -2.13. The van der Waals surface area contributed by atoms with Crippen molar-refractivity contribution in [3.63, 3.8) is 0 Å². The Morgan fingerprint density at radius 1 is 1.15 bits per heavy atom. The Bertz CT molecular complexity index is 605. The van der Waals surface area contributed by atoms with Crippen LogP contribution in [-0.2, 0) is 17.8 Å². The first-order chi connectivity index (χ1) is 9.83. The highest BCUT2D eigenvalue weighted by Crippen LogP contribution is 2.26. The van der Waals surface area contributed by atoms with Gasteiger partial charge >= 0.3 is 0 Å². The van der Waals surface area contributed by atoms with Crippen LogP contribution in [0.4, 0.5) is 0 Å². The number of hydrogen-bond donors (Lipinski definition) is 0. The Labute approximate surface area is 118 Å². The van der Waals surface area contributed by atoms with E-state index >= 15 is 0 Å². The molecule has 0 fully saturated rings. The molecule has 3 heteroatoms. The van der Waals surface area contributed by atoms with E-state index in [-0.39, 0.29) is 12.4 Å². The van der Waals surface area contributed by atoms with Crippen LogP contribution in [-0.4, -0.2) is 19.0 Å². The summed E-state index contributed by atoms with van der Waals surface area (Å²) in [6.45, 7) is 1.27. The summed E-state index contributed by atoms with van der Waals surface area (Å²) in [4.78, 5) is 12.1. The summed E-state index contributed by atoms with van der Waals surface area (Å²) in [7, 11) is 0. The standard InChI is InChI=1S/C17H16O3/c18-16(12-19-11-13-4-2-1-3-5-13)14-6-7-17-15(10-14)8-9-20-17/h1-7,10H,8-9,11-12H2. The highest BCUT2D eigenvalue weighted by Gasteiger charge is 2.15. The predicted molar refractivity (Wildman–Crippen MR) is 76.1 cm³/mol. The van der Waals surface area contributed by atoms with Gasteiger partial charge in [-0.25, -0.2) is 0 Å². The summed E-state index contributed by atoms with van der Waals surface area (Å²) < 4.78 is 10.9. The molecule has 0 aliphatic carbocycles. The average Bonchev–Trinajstić information content (AvgIpc) is 2.95. The zero-order valence-corrected chi connectivity index (χ0v) is 11.2. The summed E-state index contributed by atoms with van der Waals surface area (Å²) in [5.41, 5.74) is 2.88. The molecule has 2 aromatic carbocycles. The van der Waals surface area contributed by atoms with Crippen LogP contribution < -0.4 is 4.74 Å². The molecule has 0 radical (unpaired) electrons. The first-order valence-electron chi connectivity index (χ1n) is 6.73. The summed E-state index contributed by atoms with van der Waals surface area (Å²) in [5, 5.41) is 0. The van der Waals surface area contributed by atoms with Crippen LogP contribution in [0.1, 0.15) is 21.5 Å². The Morgan fingerprint density at radius 3 is 2.85 bits per heavy atom. The summed E-state index contributed by atoms with van der Waals surface area (Å²) in [6, 6.07) is 15.4. The fraction of sp³-hybridized carbons (Fsp3) is 0.235. The SMILES string of the molecule is O=C(COCc1ccccc1)c1ccc2c(c1)CCO2. The van der Waals surface area contributed by atoms with E-state index in [9.17, 15) is 4.79 Å². The second-order valence-corrected chi connectivity index (χ2v) is 4.82. The maximum absolute atomic E-state index is 12.1. The molecule has 0 bridgehead atoms. The maximum Gasteiger partial charge on any atom is 0.188 e. The van der Waals surface area contributed by atoms with Gasteiger partial charge in [-0.05, 0) is 29.3 Å². The zero-order chi connectivity index (χ0) is 13.8. The minimum atomic E-state index is 0.00984. The molecule has 0 aromatic heterocycles. The Morgan fingerprint density at radius 2 is 2.00 bits per heavy atom. The van der Waals surface area contributed by atoms with Gasteiger partial charge in [-0.2, -0.15) is 0 Å². The van der Waals surface area contributed by atoms with Crippen LogP contribution in [0.5, 0.6) is 5.75 Å². The second kappa shape index (κ2) is 5.88. The molecule has 0 saturated heterocycles. The van der Waals surface area contributed by atoms with Crippen molar-refractivity contribution in [2.75, 3.05) is 13.2 Å². The van der Waals surface area contributed by atoms with Gasteiger partial charge in [0.25, 0.3) is 0 Å². The molecule has 0 N–H and O–H groups in total. The number of ketones is 1. The quantitative estimate of drug-likeness (QED) is 0.782. The van der Waals surface area contributed by atoms with Crippen molar-refractivity contribution in [2.24, 2.45) is 0 Å². The van der Waals surface area contributed by atoms with Crippen LogP contribution in [0.15, 0.2) is 48.5 Å². The van der Waals surface area contributed by atoms with Crippen molar-refractivity contribution in [1.29, 1.82) is 0 Å². The second-order valence-electron chi connectivity index (χ2n) is 4.82. The molecule has 20 heavy (non-hydrogen) atoms. The van der Waals surface area contributed by atoms with E-state index in [1.807, 2.05) is 42.5 Å². The predicted octanol–water partition coefficient (Wildman–Crippen LogP) is 3.02. The van der Waals surface area contributed by atoms with Crippen LogP contribution >= 0.6 is 0 Å². The summed E-state index contributed by atoms with van der Waals surface area (Å²) in [6.07, 6.45) is 0.876.